The summed E-state index contributed by atoms with van der Waals surface area (Å²) in [7, 11) is 3.92. The van der Waals surface area contributed by atoms with E-state index in [4.69, 9.17) is 0 Å². The van der Waals surface area contributed by atoms with E-state index in [1.807, 2.05) is 36.9 Å². The molecule has 0 spiro atoms. The number of nitrogens with zero attached hydrogens (tertiary/aromatic N) is 3. The lowest BCUT2D eigenvalue weighted by Crippen LogP contribution is -2.22. The molecule has 0 aliphatic heterocycles. The van der Waals surface area contributed by atoms with Gasteiger partial charge in [0.1, 0.15) is 11.6 Å². The van der Waals surface area contributed by atoms with Crippen LogP contribution in [0, 0.1) is 21.7 Å². The van der Waals surface area contributed by atoms with Crippen molar-refractivity contribution in [2.24, 2.45) is 0 Å². The summed E-state index contributed by atoms with van der Waals surface area (Å²) in [6, 6.07) is 12.4. The Hall–Kier alpha value is -2.84. The van der Waals surface area contributed by atoms with E-state index >= 15 is 0 Å². The zero-order valence-electron chi connectivity index (χ0n) is 17.1. The highest BCUT2D eigenvalue weighted by molar-refractivity contribution is 7.19. The molecule has 0 fully saturated rings. The standard InChI is InChI=1S/C22H23F2N3O2S/c1-4-26(14-18-19(23)6-5-7-20(18)24)21-12-16(13-25(2)3)22(30-21)15-8-10-17(11-9-15)27(28)29/h5-12H,4,13-14H2,1-3H3. The first-order valence-corrected chi connectivity index (χ1v) is 10.3. The Labute approximate surface area is 178 Å². The third kappa shape index (κ3) is 4.83. The summed E-state index contributed by atoms with van der Waals surface area (Å²) in [6.45, 7) is 3.32. The fraction of sp³-hybridized carbons (Fsp3) is 0.273. The van der Waals surface area contributed by atoms with Crippen LogP contribution in [0.4, 0.5) is 19.5 Å². The van der Waals surface area contributed by atoms with Gasteiger partial charge in [0.25, 0.3) is 5.69 Å². The highest BCUT2D eigenvalue weighted by atomic mass is 32.1. The molecule has 0 aliphatic rings. The maximum Gasteiger partial charge on any atom is 0.269 e. The van der Waals surface area contributed by atoms with Gasteiger partial charge >= 0.3 is 0 Å². The van der Waals surface area contributed by atoms with Gasteiger partial charge in [-0.25, -0.2) is 8.78 Å². The lowest BCUT2D eigenvalue weighted by atomic mass is 10.1. The van der Waals surface area contributed by atoms with Crippen LogP contribution in [-0.2, 0) is 13.1 Å². The molecule has 3 aromatic rings. The molecule has 1 aromatic heterocycles. The van der Waals surface area contributed by atoms with Gasteiger partial charge in [0.15, 0.2) is 0 Å². The van der Waals surface area contributed by atoms with Gasteiger partial charge in [-0.1, -0.05) is 6.07 Å². The monoisotopic (exact) mass is 431 g/mol. The second-order valence-corrected chi connectivity index (χ2v) is 8.23. The number of anilines is 1. The van der Waals surface area contributed by atoms with Gasteiger partial charge in [0, 0.05) is 42.2 Å². The normalized spacial score (nSPS) is 11.1. The summed E-state index contributed by atoms with van der Waals surface area (Å²) in [5.41, 5.74) is 2.01. The molecule has 0 atom stereocenters. The van der Waals surface area contributed by atoms with E-state index in [1.165, 1.54) is 41.7 Å². The zero-order chi connectivity index (χ0) is 21.8. The second kappa shape index (κ2) is 9.32. The lowest BCUT2D eigenvalue weighted by molar-refractivity contribution is -0.384. The van der Waals surface area contributed by atoms with Gasteiger partial charge in [-0.15, -0.1) is 11.3 Å². The minimum Gasteiger partial charge on any atom is -0.359 e. The Morgan fingerprint density at radius 2 is 1.67 bits per heavy atom. The average Bonchev–Trinajstić information content (AvgIpc) is 3.10. The molecule has 2 aromatic carbocycles. The molecule has 0 N–H and O–H groups in total. The molecule has 0 saturated carbocycles. The molecule has 3 rings (SSSR count). The molecular weight excluding hydrogens is 408 g/mol. The highest BCUT2D eigenvalue weighted by Crippen LogP contribution is 2.39. The number of rotatable bonds is 8. The van der Waals surface area contributed by atoms with E-state index < -0.39 is 16.6 Å². The van der Waals surface area contributed by atoms with Crippen LogP contribution in [0.5, 0.6) is 0 Å². The van der Waals surface area contributed by atoms with Gasteiger partial charge in [-0.2, -0.15) is 0 Å². The highest BCUT2D eigenvalue weighted by Gasteiger charge is 2.19. The lowest BCUT2D eigenvalue weighted by Gasteiger charge is -2.21. The molecule has 0 unspecified atom stereocenters. The predicted molar refractivity (Wildman–Crippen MR) is 117 cm³/mol. The Kier molecular flexibility index (Phi) is 6.79. The second-order valence-electron chi connectivity index (χ2n) is 7.20. The van der Waals surface area contributed by atoms with Gasteiger partial charge < -0.3 is 9.80 Å². The molecule has 0 amide bonds. The topological polar surface area (TPSA) is 49.6 Å². The largest absolute Gasteiger partial charge is 0.359 e. The maximum atomic E-state index is 14.2. The third-order valence-electron chi connectivity index (χ3n) is 4.73. The summed E-state index contributed by atoms with van der Waals surface area (Å²) < 4.78 is 28.3. The van der Waals surface area contributed by atoms with Crippen LogP contribution in [0.15, 0.2) is 48.5 Å². The molecule has 158 valence electrons. The van der Waals surface area contributed by atoms with Crippen LogP contribution in [0.25, 0.3) is 10.4 Å². The minimum absolute atomic E-state index is 0.0369. The Bertz CT molecular complexity index is 1020. The first-order chi connectivity index (χ1) is 14.3. The molecule has 0 radical (unpaired) electrons. The molecule has 30 heavy (non-hydrogen) atoms. The third-order valence-corrected chi connectivity index (χ3v) is 6.01. The molecule has 0 saturated heterocycles. The van der Waals surface area contributed by atoms with Crippen LogP contribution in [0.2, 0.25) is 0 Å². The summed E-state index contributed by atoms with van der Waals surface area (Å²) in [6.07, 6.45) is 0. The van der Waals surface area contributed by atoms with E-state index in [1.54, 1.807) is 12.1 Å². The van der Waals surface area contributed by atoms with Gasteiger partial charge in [-0.3, -0.25) is 10.1 Å². The maximum absolute atomic E-state index is 14.2. The van der Waals surface area contributed by atoms with Crippen molar-refractivity contribution in [3.05, 3.63) is 81.4 Å². The summed E-state index contributed by atoms with van der Waals surface area (Å²) in [5.74, 6) is -1.12. The summed E-state index contributed by atoms with van der Waals surface area (Å²) >= 11 is 1.52. The molecular formula is C22H23F2N3O2S. The Morgan fingerprint density at radius 1 is 1.03 bits per heavy atom. The number of hydrogen-bond acceptors (Lipinski definition) is 5. The number of nitro groups is 1. The molecule has 0 aliphatic carbocycles. The van der Waals surface area contributed by atoms with E-state index in [9.17, 15) is 18.9 Å². The molecule has 1 heterocycles. The van der Waals surface area contributed by atoms with Crippen molar-refractivity contribution in [2.45, 2.75) is 20.0 Å². The van der Waals surface area contributed by atoms with Gasteiger partial charge in [0.05, 0.1) is 9.92 Å². The first kappa shape index (κ1) is 21.9. The van der Waals surface area contributed by atoms with Crippen molar-refractivity contribution >= 4 is 22.0 Å². The first-order valence-electron chi connectivity index (χ1n) is 9.50. The van der Waals surface area contributed by atoms with Gasteiger partial charge in [0.2, 0.25) is 0 Å². The van der Waals surface area contributed by atoms with Gasteiger partial charge in [-0.05, 0) is 62.5 Å². The van der Waals surface area contributed by atoms with E-state index in [2.05, 4.69) is 0 Å². The fourth-order valence-electron chi connectivity index (χ4n) is 3.23. The van der Waals surface area contributed by atoms with Crippen molar-refractivity contribution in [1.82, 2.24) is 4.90 Å². The number of thiophene rings is 1. The SMILES string of the molecule is CCN(Cc1c(F)cccc1F)c1cc(CN(C)C)c(-c2ccc([N+](=O)[O-])cc2)s1. The molecule has 0 bridgehead atoms. The quantitative estimate of drug-likeness (QED) is 0.340. The number of non-ortho nitro benzene ring substituents is 1. The number of hydrogen-bond donors (Lipinski definition) is 0. The van der Waals surface area contributed by atoms with Crippen LogP contribution in [-0.4, -0.2) is 30.5 Å². The predicted octanol–water partition coefficient (Wildman–Crippen LogP) is 5.69. The van der Waals surface area contributed by atoms with Crippen molar-refractivity contribution in [3.8, 4) is 10.4 Å². The summed E-state index contributed by atoms with van der Waals surface area (Å²) in [4.78, 5) is 15.5. The smallest absolute Gasteiger partial charge is 0.269 e. The van der Waals surface area contributed by atoms with Crippen LogP contribution in [0.1, 0.15) is 18.1 Å². The van der Waals surface area contributed by atoms with Crippen molar-refractivity contribution < 1.29 is 13.7 Å². The van der Waals surface area contributed by atoms with Crippen LogP contribution >= 0.6 is 11.3 Å². The van der Waals surface area contributed by atoms with Crippen LogP contribution in [0.3, 0.4) is 0 Å². The Balaban J connectivity index is 1.99. The molecule has 5 nitrogen and oxygen atoms in total. The number of halogens is 2. The minimum atomic E-state index is -0.561. The average molecular weight is 432 g/mol. The zero-order valence-corrected chi connectivity index (χ0v) is 17.9. The van der Waals surface area contributed by atoms with Crippen molar-refractivity contribution in [3.63, 3.8) is 0 Å². The van der Waals surface area contributed by atoms with Crippen molar-refractivity contribution in [1.29, 1.82) is 0 Å². The van der Waals surface area contributed by atoms with E-state index in [-0.39, 0.29) is 17.8 Å². The fourth-order valence-corrected chi connectivity index (χ4v) is 4.47. The number of benzene rings is 2. The molecule has 8 heteroatoms. The van der Waals surface area contributed by atoms with Crippen molar-refractivity contribution in [2.75, 3.05) is 25.5 Å². The Morgan fingerprint density at radius 3 is 2.20 bits per heavy atom. The summed E-state index contributed by atoms with van der Waals surface area (Å²) in [5, 5.41) is 11.8. The van der Waals surface area contributed by atoms with E-state index in [0.717, 1.165) is 21.0 Å². The number of nitro benzene ring substituents is 1. The van der Waals surface area contributed by atoms with Crippen LogP contribution < -0.4 is 4.90 Å². The van der Waals surface area contributed by atoms with E-state index in [0.29, 0.717) is 13.1 Å².